The smallest absolute Gasteiger partial charge is 0.251 e. The maximum Gasteiger partial charge on any atom is 0.251 e. The van der Waals surface area contributed by atoms with Crippen molar-refractivity contribution in [1.29, 1.82) is 0 Å². The summed E-state index contributed by atoms with van der Waals surface area (Å²) in [4.78, 5) is 21.3. The highest BCUT2D eigenvalue weighted by molar-refractivity contribution is 6.30. The molecular formula is C17H19ClN4O2. The fourth-order valence-corrected chi connectivity index (χ4v) is 3.96. The molecule has 1 amide bonds. The molecule has 2 aliphatic rings. The third-order valence-corrected chi connectivity index (χ3v) is 5.24. The molecule has 1 spiro atoms. The molecular weight excluding hydrogens is 328 g/mol. The van der Waals surface area contributed by atoms with E-state index in [1.807, 2.05) is 18.3 Å². The number of carbonyl (C=O) groups is 1. The average Bonchev–Trinajstić information content (AvgIpc) is 3.17. The number of hydrogen-bond donors (Lipinski definition) is 2. The van der Waals surface area contributed by atoms with Crippen molar-refractivity contribution in [1.82, 2.24) is 14.9 Å². The summed E-state index contributed by atoms with van der Waals surface area (Å²) < 4.78 is 6.18. The third kappa shape index (κ3) is 2.60. The SMILES string of the molecule is NC(=O)C1OC2(CCN(Cc3cnc[nH]3)CC2)c2cc(Cl)ccc21. The molecule has 1 saturated heterocycles. The molecule has 0 bridgehead atoms. The number of halogens is 1. The van der Waals surface area contributed by atoms with Gasteiger partial charge in [-0.25, -0.2) is 4.98 Å². The number of aromatic nitrogens is 2. The first-order chi connectivity index (χ1) is 11.6. The summed E-state index contributed by atoms with van der Waals surface area (Å²) in [6.07, 6.45) is 4.46. The molecule has 1 fully saturated rings. The van der Waals surface area contributed by atoms with E-state index in [9.17, 15) is 4.79 Å². The molecule has 3 heterocycles. The summed E-state index contributed by atoms with van der Waals surface area (Å²) in [5, 5.41) is 0.654. The number of rotatable bonds is 3. The van der Waals surface area contributed by atoms with Crippen LogP contribution in [0.5, 0.6) is 0 Å². The lowest BCUT2D eigenvalue weighted by Crippen LogP contribution is -2.42. The Balaban J connectivity index is 1.56. The van der Waals surface area contributed by atoms with E-state index in [2.05, 4.69) is 14.9 Å². The maximum absolute atomic E-state index is 11.8. The predicted octanol–water partition coefficient (Wildman–Crippen LogP) is 2.11. The number of ether oxygens (including phenoxy) is 1. The lowest BCUT2D eigenvalue weighted by Gasteiger charge is -2.39. The van der Waals surface area contributed by atoms with Crippen LogP contribution in [0, 0.1) is 0 Å². The number of aromatic amines is 1. The first-order valence-corrected chi connectivity index (χ1v) is 8.42. The molecule has 2 aliphatic heterocycles. The Hall–Kier alpha value is -1.89. The Morgan fingerprint density at radius 2 is 2.25 bits per heavy atom. The highest BCUT2D eigenvalue weighted by Gasteiger charge is 2.48. The van der Waals surface area contributed by atoms with Crippen LogP contribution in [-0.4, -0.2) is 33.9 Å². The number of imidazole rings is 1. The fourth-order valence-electron chi connectivity index (χ4n) is 3.79. The van der Waals surface area contributed by atoms with E-state index in [4.69, 9.17) is 22.1 Å². The van der Waals surface area contributed by atoms with Crippen molar-refractivity contribution in [3.8, 4) is 0 Å². The zero-order valence-corrected chi connectivity index (χ0v) is 13.9. The third-order valence-electron chi connectivity index (χ3n) is 5.00. The van der Waals surface area contributed by atoms with Gasteiger partial charge >= 0.3 is 0 Å². The molecule has 2 aromatic rings. The standard InChI is InChI=1S/C17H19ClN4O2/c18-11-1-2-13-14(7-11)17(24-15(13)16(19)23)3-5-22(6-4-17)9-12-8-20-10-21-12/h1-2,7-8,10,15H,3-6,9H2,(H2,19,23)(H,20,21). The van der Waals surface area contributed by atoms with Crippen molar-refractivity contribution < 1.29 is 9.53 Å². The van der Waals surface area contributed by atoms with Gasteiger partial charge in [0.25, 0.3) is 5.91 Å². The van der Waals surface area contributed by atoms with Gasteiger partial charge in [0.2, 0.25) is 0 Å². The van der Waals surface area contributed by atoms with Crippen LogP contribution in [0.25, 0.3) is 0 Å². The van der Waals surface area contributed by atoms with Gasteiger partial charge in [0.15, 0.2) is 6.10 Å². The van der Waals surface area contributed by atoms with Gasteiger partial charge in [-0.3, -0.25) is 9.69 Å². The van der Waals surface area contributed by atoms with Gasteiger partial charge < -0.3 is 15.5 Å². The zero-order chi connectivity index (χ0) is 16.7. The number of nitrogens with one attached hydrogen (secondary N) is 1. The second-order valence-corrected chi connectivity index (χ2v) is 6.92. The monoisotopic (exact) mass is 346 g/mol. The lowest BCUT2D eigenvalue weighted by atomic mass is 9.83. The van der Waals surface area contributed by atoms with Gasteiger partial charge in [0, 0.05) is 36.5 Å². The molecule has 0 aliphatic carbocycles. The van der Waals surface area contributed by atoms with Crippen molar-refractivity contribution in [2.75, 3.05) is 13.1 Å². The summed E-state index contributed by atoms with van der Waals surface area (Å²) in [6.45, 7) is 2.57. The van der Waals surface area contributed by atoms with Crippen molar-refractivity contribution in [3.63, 3.8) is 0 Å². The molecule has 0 radical (unpaired) electrons. The normalized spacial score (nSPS) is 22.6. The molecule has 6 nitrogen and oxygen atoms in total. The molecule has 0 saturated carbocycles. The lowest BCUT2D eigenvalue weighted by molar-refractivity contribution is -0.148. The number of H-pyrrole nitrogens is 1. The molecule has 1 aromatic carbocycles. The summed E-state index contributed by atoms with van der Waals surface area (Å²) in [5.41, 5.74) is 8.04. The van der Waals surface area contributed by atoms with Crippen LogP contribution >= 0.6 is 11.6 Å². The Morgan fingerprint density at radius 1 is 1.46 bits per heavy atom. The number of primary amides is 1. The van der Waals surface area contributed by atoms with Crippen molar-refractivity contribution in [2.24, 2.45) is 5.73 Å². The molecule has 126 valence electrons. The van der Waals surface area contributed by atoms with Gasteiger partial charge in [-0.1, -0.05) is 17.7 Å². The average molecular weight is 347 g/mol. The molecule has 1 atom stereocenters. The highest BCUT2D eigenvalue weighted by Crippen LogP contribution is 2.49. The molecule has 7 heteroatoms. The summed E-state index contributed by atoms with van der Waals surface area (Å²) in [5.74, 6) is -0.449. The number of nitrogens with two attached hydrogens (primary N) is 1. The fraction of sp³-hybridized carbons (Fsp3) is 0.412. The van der Waals surface area contributed by atoms with E-state index in [1.165, 1.54) is 0 Å². The van der Waals surface area contributed by atoms with Gasteiger partial charge in [-0.15, -0.1) is 0 Å². The van der Waals surface area contributed by atoms with Crippen LogP contribution in [0.1, 0.15) is 35.8 Å². The minimum Gasteiger partial charge on any atom is -0.367 e. The van der Waals surface area contributed by atoms with Crippen LogP contribution in [0.3, 0.4) is 0 Å². The van der Waals surface area contributed by atoms with E-state index in [-0.39, 0.29) is 0 Å². The van der Waals surface area contributed by atoms with Crippen molar-refractivity contribution in [3.05, 3.63) is 52.6 Å². The van der Waals surface area contributed by atoms with Crippen LogP contribution in [0.4, 0.5) is 0 Å². The highest BCUT2D eigenvalue weighted by atomic mass is 35.5. The Bertz CT molecular complexity index is 754. The van der Waals surface area contributed by atoms with Crippen molar-refractivity contribution >= 4 is 17.5 Å². The first kappa shape index (κ1) is 15.6. The Morgan fingerprint density at radius 3 is 2.92 bits per heavy atom. The predicted molar refractivity (Wildman–Crippen MR) is 89.2 cm³/mol. The van der Waals surface area contributed by atoms with Gasteiger partial charge in [0.05, 0.1) is 11.9 Å². The number of piperidine rings is 1. The van der Waals surface area contributed by atoms with Gasteiger partial charge in [0.1, 0.15) is 0 Å². The quantitative estimate of drug-likeness (QED) is 0.891. The summed E-state index contributed by atoms with van der Waals surface area (Å²) >= 11 is 6.18. The number of likely N-dealkylation sites (tertiary alicyclic amines) is 1. The van der Waals surface area contributed by atoms with E-state index < -0.39 is 17.6 Å². The zero-order valence-electron chi connectivity index (χ0n) is 13.2. The Labute approximate surface area is 145 Å². The van der Waals surface area contributed by atoms with Crippen molar-refractivity contribution in [2.45, 2.75) is 31.1 Å². The second kappa shape index (κ2) is 5.88. The molecule has 1 unspecified atom stereocenters. The minimum absolute atomic E-state index is 0.449. The van der Waals surface area contributed by atoms with E-state index in [1.54, 1.807) is 12.4 Å². The van der Waals surface area contributed by atoms with E-state index >= 15 is 0 Å². The maximum atomic E-state index is 11.8. The largest absolute Gasteiger partial charge is 0.367 e. The molecule has 1 aromatic heterocycles. The topological polar surface area (TPSA) is 84.2 Å². The van der Waals surface area contributed by atoms with Crippen LogP contribution in [0.15, 0.2) is 30.7 Å². The number of nitrogens with zero attached hydrogens (tertiary/aromatic N) is 2. The molecule has 24 heavy (non-hydrogen) atoms. The Kier molecular flexibility index (Phi) is 3.83. The van der Waals surface area contributed by atoms with Crippen LogP contribution < -0.4 is 5.73 Å². The van der Waals surface area contributed by atoms with Crippen LogP contribution in [-0.2, 0) is 21.7 Å². The van der Waals surface area contributed by atoms with Crippen LogP contribution in [0.2, 0.25) is 5.02 Å². The second-order valence-electron chi connectivity index (χ2n) is 6.48. The number of amides is 1. The number of carbonyl (C=O) groups excluding carboxylic acids is 1. The van der Waals surface area contributed by atoms with Gasteiger partial charge in [-0.2, -0.15) is 0 Å². The van der Waals surface area contributed by atoms with E-state index in [0.29, 0.717) is 5.02 Å². The number of hydrogen-bond acceptors (Lipinski definition) is 4. The number of benzene rings is 1. The summed E-state index contributed by atoms with van der Waals surface area (Å²) in [6, 6.07) is 5.56. The molecule has 4 rings (SSSR count). The van der Waals surface area contributed by atoms with E-state index in [0.717, 1.165) is 49.3 Å². The summed E-state index contributed by atoms with van der Waals surface area (Å²) in [7, 11) is 0. The van der Waals surface area contributed by atoms with Gasteiger partial charge in [-0.05, 0) is 36.1 Å². The molecule has 3 N–H and O–H groups in total. The first-order valence-electron chi connectivity index (χ1n) is 8.04. The number of fused-ring (bicyclic) bond motifs is 2. The minimum atomic E-state index is -0.684.